The second kappa shape index (κ2) is 7.85. The number of benzene rings is 1. The molecule has 3 atom stereocenters. The molecule has 1 aromatic rings. The topological polar surface area (TPSA) is 63.6 Å². The first-order chi connectivity index (χ1) is 11.7. The Morgan fingerprint density at radius 1 is 1.28 bits per heavy atom. The average molecular weight is 344 g/mol. The third-order valence-corrected chi connectivity index (χ3v) is 5.23. The number of esters is 1. The molecule has 2 rings (SSSR count). The van der Waals surface area contributed by atoms with Crippen LogP contribution in [0.5, 0.6) is 5.75 Å². The Hall–Kier alpha value is -2.10. The number of hydrogen-bond donors (Lipinski definition) is 1. The molecule has 1 saturated carbocycles. The second-order valence-corrected chi connectivity index (χ2v) is 7.66. The van der Waals surface area contributed by atoms with Crippen LogP contribution in [-0.2, 0) is 4.79 Å². The molecule has 0 aromatic heterocycles. The zero-order chi connectivity index (χ0) is 18.7. The summed E-state index contributed by atoms with van der Waals surface area (Å²) in [6.07, 6.45) is 3.23. The summed E-state index contributed by atoms with van der Waals surface area (Å²) in [6, 6.07) is 4.84. The number of carboxylic acids is 1. The fraction of sp³-hybridized carbons (Fsp3) is 0.524. The summed E-state index contributed by atoms with van der Waals surface area (Å²) in [5, 5.41) is 9.63. The number of aromatic carboxylic acids is 1. The van der Waals surface area contributed by atoms with Crippen molar-refractivity contribution >= 4 is 11.9 Å². The Bertz CT molecular complexity index is 674. The van der Waals surface area contributed by atoms with Gasteiger partial charge in [-0.2, -0.15) is 0 Å². The third kappa shape index (κ3) is 4.50. The molecule has 0 spiro atoms. The minimum absolute atomic E-state index is 0.165. The summed E-state index contributed by atoms with van der Waals surface area (Å²) in [5.74, 6) is 0.581. The molecule has 0 radical (unpaired) electrons. The highest BCUT2D eigenvalue weighted by Crippen LogP contribution is 2.45. The lowest BCUT2D eigenvalue weighted by Crippen LogP contribution is -2.27. The molecular formula is C21H28O4. The summed E-state index contributed by atoms with van der Waals surface area (Å²) in [4.78, 5) is 23.5. The first kappa shape index (κ1) is 19.2. The lowest BCUT2D eigenvalue weighted by Gasteiger charge is -2.38. The Kier molecular flexibility index (Phi) is 6.04. The normalized spacial score (nSPS) is 23.3. The van der Waals surface area contributed by atoms with Crippen LogP contribution < -0.4 is 4.74 Å². The van der Waals surface area contributed by atoms with Gasteiger partial charge >= 0.3 is 11.9 Å². The minimum Gasteiger partial charge on any atom is -0.478 e. The van der Waals surface area contributed by atoms with E-state index in [1.54, 1.807) is 25.1 Å². The third-order valence-electron chi connectivity index (χ3n) is 5.23. The molecule has 1 aliphatic rings. The summed E-state index contributed by atoms with van der Waals surface area (Å²) < 4.78 is 5.33. The zero-order valence-electron chi connectivity index (χ0n) is 15.5. The van der Waals surface area contributed by atoms with Crippen molar-refractivity contribution in [3.63, 3.8) is 0 Å². The molecule has 0 amide bonds. The number of ether oxygens (including phenoxy) is 1. The standard InChI is InChI=1S/C21H28O4/c1-12(2)16-8-6-14(5)10-18(16)19-11-15(25-21(24)13(3)4)7-9-17(19)20(22)23/h7,9,11-12,14,16,18H,3,6,8,10H2,1-2,4-5H3,(H,22,23). The van der Waals surface area contributed by atoms with Crippen molar-refractivity contribution in [3.05, 3.63) is 41.5 Å². The first-order valence-electron chi connectivity index (χ1n) is 8.95. The predicted octanol–water partition coefficient (Wildman–Crippen LogP) is 5.04. The number of carbonyl (C=O) groups excluding carboxylic acids is 1. The molecule has 0 aliphatic heterocycles. The van der Waals surface area contributed by atoms with Gasteiger partial charge in [0.1, 0.15) is 5.75 Å². The van der Waals surface area contributed by atoms with Gasteiger partial charge in [0.15, 0.2) is 0 Å². The largest absolute Gasteiger partial charge is 0.478 e. The van der Waals surface area contributed by atoms with Crippen molar-refractivity contribution in [3.8, 4) is 5.75 Å². The van der Waals surface area contributed by atoms with Gasteiger partial charge in [0.2, 0.25) is 0 Å². The van der Waals surface area contributed by atoms with Crippen molar-refractivity contribution in [2.75, 3.05) is 0 Å². The maximum absolute atomic E-state index is 11.8. The van der Waals surface area contributed by atoms with E-state index in [9.17, 15) is 14.7 Å². The number of carbonyl (C=O) groups is 2. The number of carboxylic acid groups (broad SMARTS) is 1. The molecule has 1 fully saturated rings. The van der Waals surface area contributed by atoms with Crippen LogP contribution in [0.1, 0.15) is 68.8 Å². The van der Waals surface area contributed by atoms with Crippen molar-refractivity contribution in [2.45, 2.75) is 52.9 Å². The van der Waals surface area contributed by atoms with E-state index in [2.05, 4.69) is 27.4 Å². The lowest BCUT2D eigenvalue weighted by atomic mass is 9.67. The van der Waals surface area contributed by atoms with Gasteiger partial charge in [-0.1, -0.05) is 33.8 Å². The smallest absolute Gasteiger partial charge is 0.338 e. The number of hydrogen-bond acceptors (Lipinski definition) is 3. The molecule has 1 aliphatic carbocycles. The summed E-state index contributed by atoms with van der Waals surface area (Å²) in [6.45, 7) is 11.8. The molecule has 25 heavy (non-hydrogen) atoms. The second-order valence-electron chi connectivity index (χ2n) is 7.66. The molecule has 3 unspecified atom stereocenters. The van der Waals surface area contributed by atoms with Crippen molar-refractivity contribution < 1.29 is 19.4 Å². The van der Waals surface area contributed by atoms with Gasteiger partial charge in [0, 0.05) is 5.57 Å². The zero-order valence-corrected chi connectivity index (χ0v) is 15.5. The van der Waals surface area contributed by atoms with E-state index in [0.29, 0.717) is 34.6 Å². The van der Waals surface area contributed by atoms with Gasteiger partial charge in [0.05, 0.1) is 5.56 Å². The number of rotatable bonds is 5. The molecule has 4 heteroatoms. The van der Waals surface area contributed by atoms with Crippen LogP contribution in [0.3, 0.4) is 0 Å². The van der Waals surface area contributed by atoms with Gasteiger partial charge in [-0.25, -0.2) is 9.59 Å². The van der Waals surface area contributed by atoms with E-state index in [4.69, 9.17) is 4.74 Å². The molecule has 0 heterocycles. The van der Waals surface area contributed by atoms with E-state index >= 15 is 0 Å². The van der Waals surface area contributed by atoms with Gasteiger partial charge in [-0.15, -0.1) is 0 Å². The maximum atomic E-state index is 11.8. The quantitative estimate of drug-likeness (QED) is 0.461. The van der Waals surface area contributed by atoms with Crippen LogP contribution >= 0.6 is 0 Å². The highest BCUT2D eigenvalue weighted by Gasteiger charge is 2.34. The van der Waals surface area contributed by atoms with Gasteiger partial charge in [-0.05, 0) is 67.2 Å². The highest BCUT2D eigenvalue weighted by atomic mass is 16.5. The molecule has 4 nitrogen and oxygen atoms in total. The Labute approximate surface area is 149 Å². The fourth-order valence-electron chi connectivity index (χ4n) is 3.86. The van der Waals surface area contributed by atoms with Crippen molar-refractivity contribution in [1.82, 2.24) is 0 Å². The summed E-state index contributed by atoms with van der Waals surface area (Å²) in [7, 11) is 0. The van der Waals surface area contributed by atoms with Crippen LogP contribution in [0.4, 0.5) is 0 Å². The van der Waals surface area contributed by atoms with Crippen LogP contribution in [-0.4, -0.2) is 17.0 Å². The average Bonchev–Trinajstić information content (AvgIpc) is 2.53. The Balaban J connectivity index is 2.45. The molecular weight excluding hydrogens is 316 g/mol. The van der Waals surface area contributed by atoms with Crippen LogP contribution in [0, 0.1) is 17.8 Å². The van der Waals surface area contributed by atoms with E-state index in [1.807, 2.05) is 0 Å². The van der Waals surface area contributed by atoms with Crippen LogP contribution in [0.15, 0.2) is 30.4 Å². The Morgan fingerprint density at radius 3 is 2.52 bits per heavy atom. The van der Waals surface area contributed by atoms with Crippen molar-refractivity contribution in [1.29, 1.82) is 0 Å². The van der Waals surface area contributed by atoms with Crippen LogP contribution in [0.2, 0.25) is 0 Å². The molecule has 0 saturated heterocycles. The first-order valence-corrected chi connectivity index (χ1v) is 8.95. The molecule has 0 bridgehead atoms. The molecule has 1 N–H and O–H groups in total. The molecule has 1 aromatic carbocycles. The monoisotopic (exact) mass is 344 g/mol. The van der Waals surface area contributed by atoms with E-state index in [-0.39, 0.29) is 5.92 Å². The van der Waals surface area contributed by atoms with E-state index < -0.39 is 11.9 Å². The van der Waals surface area contributed by atoms with Gasteiger partial charge in [-0.3, -0.25) is 0 Å². The summed E-state index contributed by atoms with van der Waals surface area (Å²) in [5.41, 5.74) is 1.40. The van der Waals surface area contributed by atoms with Crippen LogP contribution in [0.25, 0.3) is 0 Å². The Morgan fingerprint density at radius 2 is 1.96 bits per heavy atom. The molecule has 136 valence electrons. The predicted molar refractivity (Wildman–Crippen MR) is 97.9 cm³/mol. The van der Waals surface area contributed by atoms with Gasteiger partial charge < -0.3 is 9.84 Å². The van der Waals surface area contributed by atoms with Crippen molar-refractivity contribution in [2.24, 2.45) is 17.8 Å². The lowest BCUT2D eigenvalue weighted by molar-refractivity contribution is -0.130. The highest BCUT2D eigenvalue weighted by molar-refractivity contribution is 5.91. The fourth-order valence-corrected chi connectivity index (χ4v) is 3.86. The minimum atomic E-state index is -0.937. The van der Waals surface area contributed by atoms with E-state index in [0.717, 1.165) is 18.4 Å². The van der Waals surface area contributed by atoms with E-state index in [1.165, 1.54) is 6.42 Å². The maximum Gasteiger partial charge on any atom is 0.338 e. The summed E-state index contributed by atoms with van der Waals surface area (Å²) >= 11 is 0. The SMILES string of the molecule is C=C(C)C(=O)Oc1ccc(C(=O)O)c(C2CC(C)CCC2C(C)C)c1. The van der Waals surface area contributed by atoms with Gasteiger partial charge in [0.25, 0.3) is 0 Å².